The first-order chi connectivity index (χ1) is 20.0. The molecule has 4 aromatic rings. The summed E-state index contributed by atoms with van der Waals surface area (Å²) in [4.78, 5) is 43.0. The van der Waals surface area contributed by atoms with Crippen LogP contribution in [0.3, 0.4) is 0 Å². The molecule has 0 radical (unpaired) electrons. The Morgan fingerprint density at radius 2 is 1.49 bits per heavy atom. The molecule has 1 saturated heterocycles. The van der Waals surface area contributed by atoms with E-state index >= 15 is 0 Å². The van der Waals surface area contributed by atoms with Crippen LogP contribution in [0.5, 0.6) is 5.75 Å². The van der Waals surface area contributed by atoms with Gasteiger partial charge in [-0.25, -0.2) is 10.3 Å². The number of imide groups is 1. The number of anilines is 1. The number of ether oxygens (including phenoxy) is 1. The van der Waals surface area contributed by atoms with Crippen LogP contribution in [0.1, 0.15) is 38.5 Å². The quantitative estimate of drug-likeness (QED) is 0.203. The molecule has 0 spiro atoms. The van der Waals surface area contributed by atoms with Crippen LogP contribution in [-0.4, -0.2) is 31.0 Å². The third-order valence-electron chi connectivity index (χ3n) is 8.56. The summed E-state index contributed by atoms with van der Waals surface area (Å²) in [7, 11) is 1.50. The minimum atomic E-state index is -1.11. The number of benzene rings is 4. The summed E-state index contributed by atoms with van der Waals surface area (Å²) in [5, 5.41) is 4.78. The largest absolute Gasteiger partial charge is 0.496 e. The number of carbonyl (C=O) groups excluding carboxylic acids is 3. The summed E-state index contributed by atoms with van der Waals surface area (Å²) in [5.41, 5.74) is 5.94. The molecule has 1 fully saturated rings. The number of hydrogen-bond donors (Lipinski definition) is 1. The molecule has 0 aromatic heterocycles. The van der Waals surface area contributed by atoms with E-state index in [0.717, 1.165) is 22.3 Å². The second-order valence-electron chi connectivity index (χ2n) is 10.4. The number of methoxy groups -OCH3 is 1. The predicted molar refractivity (Wildman–Crippen MR) is 155 cm³/mol. The van der Waals surface area contributed by atoms with Gasteiger partial charge in [-0.15, -0.1) is 0 Å². The molecule has 4 aliphatic rings. The summed E-state index contributed by atoms with van der Waals surface area (Å²) >= 11 is 6.50. The Morgan fingerprint density at radius 3 is 2.17 bits per heavy atom. The molecule has 0 saturated carbocycles. The average Bonchev–Trinajstić information content (AvgIpc) is 3.28. The highest BCUT2D eigenvalue weighted by molar-refractivity contribution is 6.36. The Morgan fingerprint density at radius 1 is 0.878 bits per heavy atom. The number of nitrogens with one attached hydrogen (secondary N) is 1. The SMILES string of the molecule is COc1ccccc1C(=O)N/N=C\C12c3ccccc3C(c3ccccc31)[C@@H]1C(=O)N(c3ccccc3Cl)C(=O)[C@H]12. The second kappa shape index (κ2) is 9.42. The van der Waals surface area contributed by atoms with Gasteiger partial charge < -0.3 is 4.74 Å². The van der Waals surface area contributed by atoms with E-state index < -0.39 is 23.2 Å². The van der Waals surface area contributed by atoms with Gasteiger partial charge in [0.15, 0.2) is 0 Å². The van der Waals surface area contributed by atoms with Crippen LogP contribution >= 0.6 is 11.6 Å². The molecular weight excluding hydrogens is 538 g/mol. The Kier molecular flexibility index (Phi) is 5.80. The molecule has 2 bridgehead atoms. The number of amides is 3. The van der Waals surface area contributed by atoms with Gasteiger partial charge in [-0.05, 0) is 46.5 Å². The zero-order valence-electron chi connectivity index (χ0n) is 22.0. The summed E-state index contributed by atoms with van der Waals surface area (Å²) in [6.07, 6.45) is 1.63. The number of hydrazone groups is 1. The molecular formula is C33H24ClN3O4. The zero-order valence-corrected chi connectivity index (χ0v) is 22.7. The summed E-state index contributed by atoms with van der Waals surface area (Å²) < 4.78 is 5.34. The smallest absolute Gasteiger partial charge is 0.275 e. The van der Waals surface area contributed by atoms with Crippen molar-refractivity contribution in [2.75, 3.05) is 12.0 Å². The van der Waals surface area contributed by atoms with E-state index in [2.05, 4.69) is 10.5 Å². The fraction of sp³-hybridized carbons (Fsp3) is 0.152. The Labute approximate surface area is 241 Å². The number of para-hydroxylation sites is 2. The van der Waals surface area contributed by atoms with Gasteiger partial charge in [0.05, 0.1) is 40.6 Å². The Balaban J connectivity index is 1.41. The molecule has 1 aliphatic heterocycles. The lowest BCUT2D eigenvalue weighted by Crippen LogP contribution is -2.54. The van der Waals surface area contributed by atoms with E-state index in [1.54, 1.807) is 54.7 Å². The Hall–Kier alpha value is -4.75. The maximum Gasteiger partial charge on any atom is 0.275 e. The van der Waals surface area contributed by atoms with Crippen molar-refractivity contribution in [2.24, 2.45) is 16.9 Å². The van der Waals surface area contributed by atoms with Crippen molar-refractivity contribution in [3.05, 3.63) is 130 Å². The first kappa shape index (κ1) is 25.2. The van der Waals surface area contributed by atoms with Crippen LogP contribution in [0, 0.1) is 11.8 Å². The van der Waals surface area contributed by atoms with Crippen molar-refractivity contribution in [1.82, 2.24) is 5.43 Å². The van der Waals surface area contributed by atoms with Crippen LogP contribution in [0.4, 0.5) is 5.69 Å². The predicted octanol–water partition coefficient (Wildman–Crippen LogP) is 5.32. The van der Waals surface area contributed by atoms with Crippen molar-refractivity contribution in [2.45, 2.75) is 11.3 Å². The van der Waals surface area contributed by atoms with Crippen molar-refractivity contribution in [1.29, 1.82) is 0 Å². The lowest BCUT2D eigenvalue weighted by atomic mass is 9.47. The van der Waals surface area contributed by atoms with Crippen LogP contribution < -0.4 is 15.1 Å². The summed E-state index contributed by atoms with van der Waals surface area (Å²) in [6.45, 7) is 0. The average molecular weight is 562 g/mol. The lowest BCUT2D eigenvalue weighted by molar-refractivity contribution is -0.122. The number of hydrogen-bond acceptors (Lipinski definition) is 5. The normalized spacial score (nSPS) is 23.8. The van der Waals surface area contributed by atoms with Gasteiger partial charge in [0.2, 0.25) is 11.8 Å². The molecule has 3 amide bonds. The van der Waals surface area contributed by atoms with Crippen molar-refractivity contribution in [3.63, 3.8) is 0 Å². The van der Waals surface area contributed by atoms with E-state index in [4.69, 9.17) is 16.3 Å². The second-order valence-corrected chi connectivity index (χ2v) is 10.8. The lowest BCUT2D eigenvalue weighted by Gasteiger charge is -2.52. The van der Waals surface area contributed by atoms with E-state index in [1.165, 1.54) is 12.0 Å². The van der Waals surface area contributed by atoms with E-state index in [9.17, 15) is 14.4 Å². The van der Waals surface area contributed by atoms with Gasteiger partial charge in [-0.2, -0.15) is 5.10 Å². The molecule has 7 nitrogen and oxygen atoms in total. The van der Waals surface area contributed by atoms with Crippen molar-refractivity contribution in [3.8, 4) is 5.75 Å². The molecule has 8 rings (SSSR count). The molecule has 1 N–H and O–H groups in total. The van der Waals surface area contributed by atoms with Gasteiger partial charge >= 0.3 is 0 Å². The van der Waals surface area contributed by atoms with Crippen molar-refractivity contribution < 1.29 is 19.1 Å². The number of halogens is 1. The molecule has 0 unspecified atom stereocenters. The van der Waals surface area contributed by atoms with Crippen LogP contribution in [-0.2, 0) is 15.0 Å². The third-order valence-corrected chi connectivity index (χ3v) is 8.88. The standard InChI is InChI=1S/C33H24ClN3O4/c1-41-26-17-9-4-12-21(26)30(38)36-35-18-33-22-13-5-2-10-19(22)27(20-11-3-6-14-23(20)33)28-29(33)32(40)37(31(28)39)25-16-8-7-15-24(25)34/h2-18,27-29H,1H3,(H,36,38)/b35-18-/t27?,28-,29-,33?/m0/s1. The third kappa shape index (κ3) is 3.45. The first-order valence-corrected chi connectivity index (χ1v) is 13.7. The van der Waals surface area contributed by atoms with Crippen LogP contribution in [0.15, 0.2) is 102 Å². The highest BCUT2D eigenvalue weighted by Crippen LogP contribution is 2.63. The fourth-order valence-corrected chi connectivity index (χ4v) is 7.23. The molecule has 41 heavy (non-hydrogen) atoms. The van der Waals surface area contributed by atoms with Crippen LogP contribution in [0.25, 0.3) is 0 Å². The molecule has 2 atom stereocenters. The number of rotatable bonds is 5. The number of nitrogens with zero attached hydrogens (tertiary/aromatic N) is 2. The zero-order chi connectivity index (χ0) is 28.3. The van der Waals surface area contributed by atoms with Crippen LogP contribution in [0.2, 0.25) is 5.02 Å². The molecule has 202 valence electrons. The van der Waals surface area contributed by atoms with Gasteiger partial charge in [0.1, 0.15) is 5.75 Å². The molecule has 8 heteroatoms. The van der Waals surface area contributed by atoms with Gasteiger partial charge in [0.25, 0.3) is 5.91 Å². The van der Waals surface area contributed by atoms with Gasteiger partial charge in [0, 0.05) is 12.1 Å². The topological polar surface area (TPSA) is 88.1 Å². The summed E-state index contributed by atoms with van der Waals surface area (Å²) in [5.74, 6) is -2.44. The minimum absolute atomic E-state index is 0.294. The fourth-order valence-electron chi connectivity index (χ4n) is 7.01. The maximum absolute atomic E-state index is 14.4. The minimum Gasteiger partial charge on any atom is -0.496 e. The van der Waals surface area contributed by atoms with Gasteiger partial charge in [-0.3, -0.25) is 14.4 Å². The molecule has 3 aliphatic carbocycles. The molecule has 1 heterocycles. The van der Waals surface area contributed by atoms with Crippen molar-refractivity contribution >= 4 is 41.2 Å². The molecule has 4 aromatic carbocycles. The van der Waals surface area contributed by atoms with E-state index in [1.807, 2.05) is 48.5 Å². The summed E-state index contributed by atoms with van der Waals surface area (Å²) in [6, 6.07) is 29.5. The van der Waals surface area contributed by atoms with Gasteiger partial charge in [-0.1, -0.05) is 84.4 Å². The number of carbonyl (C=O) groups is 3. The Bertz CT molecular complexity index is 1740. The van der Waals surface area contributed by atoms with E-state index in [0.29, 0.717) is 22.0 Å². The van der Waals surface area contributed by atoms with E-state index in [-0.39, 0.29) is 17.7 Å². The highest BCUT2D eigenvalue weighted by atomic mass is 35.5. The maximum atomic E-state index is 14.4. The first-order valence-electron chi connectivity index (χ1n) is 13.3. The monoisotopic (exact) mass is 561 g/mol. The highest BCUT2D eigenvalue weighted by Gasteiger charge is 2.68.